The fraction of sp³-hybridized carbons (Fsp3) is 0.192. The predicted molar refractivity (Wildman–Crippen MR) is 134 cm³/mol. The van der Waals surface area contributed by atoms with E-state index in [9.17, 15) is 9.59 Å². The molecule has 0 radical (unpaired) electrons. The summed E-state index contributed by atoms with van der Waals surface area (Å²) in [6, 6.07) is 16.1. The average Bonchev–Trinajstić information content (AvgIpc) is 2.81. The van der Waals surface area contributed by atoms with Crippen molar-refractivity contribution in [1.82, 2.24) is 5.43 Å². The van der Waals surface area contributed by atoms with Crippen LogP contribution in [0, 0.1) is 20.8 Å². The summed E-state index contributed by atoms with van der Waals surface area (Å²) in [4.78, 5) is 24.6. The molecule has 0 aromatic heterocycles. The molecule has 34 heavy (non-hydrogen) atoms. The maximum absolute atomic E-state index is 12.5. The van der Waals surface area contributed by atoms with Crippen LogP contribution >= 0.6 is 15.9 Å². The van der Waals surface area contributed by atoms with E-state index in [4.69, 9.17) is 14.2 Å². The number of methoxy groups -OCH3 is 1. The second-order valence-corrected chi connectivity index (χ2v) is 8.42. The van der Waals surface area contributed by atoms with Crippen LogP contribution < -0.4 is 19.6 Å². The highest BCUT2D eigenvalue weighted by atomic mass is 79.9. The summed E-state index contributed by atoms with van der Waals surface area (Å²) in [6.07, 6.45) is 1.45. The van der Waals surface area contributed by atoms with E-state index in [-0.39, 0.29) is 12.4 Å². The molecule has 0 fully saturated rings. The van der Waals surface area contributed by atoms with E-state index in [1.807, 2.05) is 51.1 Å². The molecule has 0 atom stereocenters. The number of amides is 1. The van der Waals surface area contributed by atoms with Gasteiger partial charge in [0, 0.05) is 0 Å². The van der Waals surface area contributed by atoms with Crippen molar-refractivity contribution >= 4 is 34.0 Å². The lowest BCUT2D eigenvalue weighted by Crippen LogP contribution is -2.24. The van der Waals surface area contributed by atoms with Crippen LogP contribution in [0.25, 0.3) is 0 Å². The van der Waals surface area contributed by atoms with Gasteiger partial charge in [-0.25, -0.2) is 10.2 Å². The number of esters is 1. The Morgan fingerprint density at radius 1 is 1.03 bits per heavy atom. The minimum absolute atomic E-state index is 0.164. The highest BCUT2D eigenvalue weighted by Gasteiger charge is 2.17. The Kier molecular flexibility index (Phi) is 8.43. The number of benzene rings is 3. The van der Waals surface area contributed by atoms with Crippen LogP contribution in [0.15, 0.2) is 64.2 Å². The molecule has 0 heterocycles. The van der Waals surface area contributed by atoms with E-state index in [1.165, 1.54) is 13.3 Å². The van der Waals surface area contributed by atoms with Gasteiger partial charge in [-0.05, 0) is 83.7 Å². The molecule has 0 aliphatic rings. The Bertz CT molecular complexity index is 1220. The Balaban J connectivity index is 1.63. The lowest BCUT2D eigenvalue weighted by molar-refractivity contribution is -0.123. The minimum Gasteiger partial charge on any atom is -0.493 e. The van der Waals surface area contributed by atoms with Crippen molar-refractivity contribution in [2.75, 3.05) is 13.7 Å². The van der Waals surface area contributed by atoms with Gasteiger partial charge in [-0.2, -0.15) is 5.10 Å². The smallest absolute Gasteiger partial charge is 0.343 e. The van der Waals surface area contributed by atoms with Gasteiger partial charge in [-0.1, -0.05) is 29.8 Å². The molecule has 1 N–H and O–H groups in total. The van der Waals surface area contributed by atoms with Crippen molar-refractivity contribution in [3.63, 3.8) is 0 Å². The van der Waals surface area contributed by atoms with E-state index in [0.717, 1.165) is 16.7 Å². The van der Waals surface area contributed by atoms with Crippen LogP contribution in [-0.4, -0.2) is 31.8 Å². The molecule has 0 bridgehead atoms. The van der Waals surface area contributed by atoms with E-state index in [0.29, 0.717) is 27.1 Å². The Labute approximate surface area is 206 Å². The number of hydrogen-bond acceptors (Lipinski definition) is 6. The first-order valence-corrected chi connectivity index (χ1v) is 11.2. The number of carbonyl (C=O) groups excluding carboxylic acids is 2. The number of hydrogen-bond donors (Lipinski definition) is 1. The Hall–Kier alpha value is -3.65. The van der Waals surface area contributed by atoms with E-state index >= 15 is 0 Å². The zero-order valence-electron chi connectivity index (χ0n) is 19.3. The molecule has 176 valence electrons. The number of carbonyl (C=O) groups is 2. The van der Waals surface area contributed by atoms with E-state index in [1.54, 1.807) is 24.3 Å². The molecular formula is C26H25BrN2O5. The summed E-state index contributed by atoms with van der Waals surface area (Å²) >= 11 is 3.41. The van der Waals surface area contributed by atoms with Crippen molar-refractivity contribution in [1.29, 1.82) is 0 Å². The van der Waals surface area contributed by atoms with Gasteiger partial charge in [0.15, 0.2) is 18.1 Å². The molecule has 0 saturated carbocycles. The largest absolute Gasteiger partial charge is 0.493 e. The lowest BCUT2D eigenvalue weighted by atomic mass is 10.1. The topological polar surface area (TPSA) is 86.2 Å². The maximum atomic E-state index is 12.5. The highest BCUT2D eigenvalue weighted by molar-refractivity contribution is 9.10. The van der Waals surface area contributed by atoms with Crippen molar-refractivity contribution in [2.24, 2.45) is 5.10 Å². The van der Waals surface area contributed by atoms with Crippen LogP contribution in [0.2, 0.25) is 0 Å². The number of hydrazone groups is 1. The number of halogens is 1. The minimum atomic E-state index is -0.503. The quantitative estimate of drug-likeness (QED) is 0.191. The van der Waals surface area contributed by atoms with Gasteiger partial charge < -0.3 is 14.2 Å². The van der Waals surface area contributed by atoms with Crippen LogP contribution in [0.4, 0.5) is 0 Å². The zero-order chi connectivity index (χ0) is 24.7. The van der Waals surface area contributed by atoms with Crippen molar-refractivity contribution in [3.05, 3.63) is 86.9 Å². The molecule has 0 spiro atoms. The Morgan fingerprint density at radius 2 is 1.76 bits per heavy atom. The number of nitrogens with zero attached hydrogens (tertiary/aromatic N) is 1. The van der Waals surface area contributed by atoms with Gasteiger partial charge in [0.2, 0.25) is 0 Å². The van der Waals surface area contributed by atoms with Crippen molar-refractivity contribution in [2.45, 2.75) is 20.8 Å². The van der Waals surface area contributed by atoms with Gasteiger partial charge in [0.1, 0.15) is 5.75 Å². The molecular weight excluding hydrogens is 500 g/mol. The summed E-state index contributed by atoms with van der Waals surface area (Å²) in [5, 5.41) is 3.97. The second-order valence-electron chi connectivity index (χ2n) is 7.57. The summed E-state index contributed by atoms with van der Waals surface area (Å²) in [7, 11) is 1.47. The maximum Gasteiger partial charge on any atom is 0.343 e. The van der Waals surface area contributed by atoms with E-state index in [2.05, 4.69) is 26.5 Å². The molecule has 0 aliphatic carbocycles. The molecule has 3 aromatic carbocycles. The number of rotatable bonds is 8. The SMILES string of the molecule is COc1cc(/C=N/NC(=O)COc2cccc(C)c2C)cc(Br)c1OC(=O)c1ccc(C)cc1. The van der Waals surface area contributed by atoms with Crippen molar-refractivity contribution in [3.8, 4) is 17.2 Å². The van der Waals surface area contributed by atoms with Gasteiger partial charge in [0.25, 0.3) is 5.91 Å². The molecule has 0 saturated heterocycles. The standard InChI is InChI=1S/C26H25BrN2O5/c1-16-8-10-20(11-9-16)26(31)34-25-21(27)12-19(13-23(25)32-4)14-28-29-24(30)15-33-22-7-5-6-17(2)18(22)3/h5-14H,15H2,1-4H3,(H,29,30)/b28-14+. The van der Waals surface area contributed by atoms with Gasteiger partial charge in [0.05, 0.1) is 23.4 Å². The monoisotopic (exact) mass is 524 g/mol. The predicted octanol–water partition coefficient (Wildman–Crippen LogP) is 5.13. The van der Waals surface area contributed by atoms with Crippen molar-refractivity contribution < 1.29 is 23.8 Å². The molecule has 3 aromatic rings. The zero-order valence-corrected chi connectivity index (χ0v) is 20.9. The van der Waals surface area contributed by atoms with E-state index < -0.39 is 11.9 Å². The second kappa shape index (κ2) is 11.5. The van der Waals surface area contributed by atoms with Crippen LogP contribution in [0.3, 0.4) is 0 Å². The van der Waals surface area contributed by atoms with Gasteiger partial charge in [-0.3, -0.25) is 4.79 Å². The summed E-state index contributed by atoms with van der Waals surface area (Å²) in [5.74, 6) is 0.337. The van der Waals surface area contributed by atoms with Crippen LogP contribution in [0.5, 0.6) is 17.2 Å². The van der Waals surface area contributed by atoms with Gasteiger partial charge in [-0.15, -0.1) is 0 Å². The van der Waals surface area contributed by atoms with Crippen LogP contribution in [0.1, 0.15) is 32.6 Å². The Morgan fingerprint density at radius 3 is 2.47 bits per heavy atom. The fourth-order valence-corrected chi connectivity index (χ4v) is 3.53. The molecule has 0 unspecified atom stereocenters. The normalized spacial score (nSPS) is 10.7. The first kappa shape index (κ1) is 25.0. The number of aryl methyl sites for hydroxylation is 2. The highest BCUT2D eigenvalue weighted by Crippen LogP contribution is 2.36. The third-order valence-corrected chi connectivity index (χ3v) is 5.64. The molecule has 0 aliphatic heterocycles. The molecule has 8 heteroatoms. The summed E-state index contributed by atoms with van der Waals surface area (Å²) in [6.45, 7) is 5.69. The average molecular weight is 525 g/mol. The summed E-state index contributed by atoms with van der Waals surface area (Å²) in [5.41, 5.74) is 6.59. The molecule has 7 nitrogen and oxygen atoms in total. The summed E-state index contributed by atoms with van der Waals surface area (Å²) < 4.78 is 17.0. The molecule has 3 rings (SSSR count). The van der Waals surface area contributed by atoms with Crippen LogP contribution in [-0.2, 0) is 4.79 Å². The first-order chi connectivity index (χ1) is 16.3. The third kappa shape index (κ3) is 6.45. The fourth-order valence-electron chi connectivity index (χ4n) is 2.99. The number of ether oxygens (including phenoxy) is 3. The number of nitrogens with one attached hydrogen (secondary N) is 1. The third-order valence-electron chi connectivity index (χ3n) is 5.05. The molecule has 1 amide bonds. The first-order valence-electron chi connectivity index (χ1n) is 10.5. The lowest BCUT2D eigenvalue weighted by Gasteiger charge is -2.12. The van der Waals surface area contributed by atoms with Gasteiger partial charge >= 0.3 is 5.97 Å².